The first-order valence-electron chi connectivity index (χ1n) is 7.32. The van der Waals surface area contributed by atoms with Crippen molar-refractivity contribution in [3.05, 3.63) is 0 Å². The Morgan fingerprint density at radius 1 is 1.47 bits per heavy atom. The lowest BCUT2D eigenvalue weighted by Gasteiger charge is -2.39. The van der Waals surface area contributed by atoms with Gasteiger partial charge in [-0.1, -0.05) is 13.3 Å². The van der Waals surface area contributed by atoms with E-state index in [1.165, 1.54) is 0 Å². The Kier molecular flexibility index (Phi) is 7.18. The second-order valence-corrected chi connectivity index (χ2v) is 6.90. The van der Waals surface area contributed by atoms with Gasteiger partial charge < -0.3 is 11.1 Å². The van der Waals surface area contributed by atoms with Crippen molar-refractivity contribution in [1.82, 2.24) is 10.2 Å². The number of hydrogen-bond acceptors (Lipinski definition) is 4. The molecule has 1 aliphatic heterocycles. The first-order valence-corrected chi connectivity index (χ1v) is 8.54. The van der Waals surface area contributed by atoms with Crippen molar-refractivity contribution < 1.29 is 4.79 Å². The average molecular weight is 287 g/mol. The zero-order chi connectivity index (χ0) is 14.3. The summed E-state index contributed by atoms with van der Waals surface area (Å²) >= 11 is 1.88. The van der Waals surface area contributed by atoms with Crippen LogP contribution in [0.3, 0.4) is 0 Å². The molecule has 19 heavy (non-hydrogen) atoms. The molecule has 1 fully saturated rings. The third-order valence-electron chi connectivity index (χ3n) is 4.07. The molecule has 0 spiro atoms. The Morgan fingerprint density at radius 3 is 2.58 bits per heavy atom. The monoisotopic (exact) mass is 287 g/mol. The molecule has 1 amide bonds. The molecule has 3 N–H and O–H groups in total. The van der Waals surface area contributed by atoms with Gasteiger partial charge in [0, 0.05) is 30.4 Å². The van der Waals surface area contributed by atoms with Crippen LogP contribution in [0.4, 0.5) is 0 Å². The molecule has 0 bridgehead atoms. The number of nitrogens with two attached hydrogens (primary N) is 1. The molecule has 0 aliphatic carbocycles. The summed E-state index contributed by atoms with van der Waals surface area (Å²) in [4.78, 5) is 14.2. The predicted octanol–water partition coefficient (Wildman–Crippen LogP) is 1.45. The van der Waals surface area contributed by atoms with Crippen LogP contribution in [0.2, 0.25) is 0 Å². The van der Waals surface area contributed by atoms with E-state index in [0.717, 1.165) is 45.3 Å². The van der Waals surface area contributed by atoms with Crippen LogP contribution in [0.1, 0.15) is 39.5 Å². The summed E-state index contributed by atoms with van der Waals surface area (Å²) < 4.78 is 0.239. The molecule has 0 aromatic rings. The maximum atomic E-state index is 11.9. The summed E-state index contributed by atoms with van der Waals surface area (Å²) in [6.45, 7) is 7.44. The van der Waals surface area contributed by atoms with E-state index >= 15 is 0 Å². The van der Waals surface area contributed by atoms with Gasteiger partial charge in [0.2, 0.25) is 5.91 Å². The molecule has 4 nitrogen and oxygen atoms in total. The number of carbonyl (C=O) groups is 1. The minimum Gasteiger partial charge on any atom is -0.353 e. The van der Waals surface area contributed by atoms with Crippen molar-refractivity contribution in [2.75, 3.05) is 32.4 Å². The molecule has 1 aliphatic rings. The van der Waals surface area contributed by atoms with Crippen LogP contribution in [0.5, 0.6) is 0 Å². The lowest BCUT2D eigenvalue weighted by atomic mass is 9.96. The number of nitrogens with one attached hydrogen (secondary N) is 1. The van der Waals surface area contributed by atoms with Crippen molar-refractivity contribution in [1.29, 1.82) is 0 Å². The maximum absolute atomic E-state index is 11.9. The van der Waals surface area contributed by atoms with Crippen LogP contribution in [0.25, 0.3) is 0 Å². The average Bonchev–Trinajstić information content (AvgIpc) is 2.40. The molecule has 1 saturated heterocycles. The zero-order valence-corrected chi connectivity index (χ0v) is 13.4. The van der Waals surface area contributed by atoms with Gasteiger partial charge in [0.1, 0.15) is 0 Å². The number of amides is 1. The summed E-state index contributed by atoms with van der Waals surface area (Å²) in [5.41, 5.74) is 5.88. The largest absolute Gasteiger partial charge is 0.353 e. The molecule has 1 heterocycles. The second kappa shape index (κ2) is 8.12. The lowest BCUT2D eigenvalue weighted by molar-refractivity contribution is -0.123. The Morgan fingerprint density at radius 2 is 2.11 bits per heavy atom. The van der Waals surface area contributed by atoms with Gasteiger partial charge in [-0.05, 0) is 32.4 Å². The number of carbonyl (C=O) groups excluding carboxylic acids is 1. The maximum Gasteiger partial charge on any atom is 0.234 e. The third kappa shape index (κ3) is 5.32. The third-order valence-corrected chi connectivity index (χ3v) is 5.51. The summed E-state index contributed by atoms with van der Waals surface area (Å²) in [7, 11) is 0. The van der Waals surface area contributed by atoms with E-state index in [9.17, 15) is 4.79 Å². The van der Waals surface area contributed by atoms with E-state index in [1.54, 1.807) is 0 Å². The summed E-state index contributed by atoms with van der Waals surface area (Å²) in [5.74, 6) is 0.158. The SMILES string of the molecule is CCCC(C)NC(=O)CN1CCC(CN)(SC)CC1. The van der Waals surface area contributed by atoms with Crippen LogP contribution in [-0.2, 0) is 4.79 Å². The minimum atomic E-state index is 0.158. The van der Waals surface area contributed by atoms with Crippen molar-refractivity contribution in [3.8, 4) is 0 Å². The van der Waals surface area contributed by atoms with Gasteiger partial charge in [-0.2, -0.15) is 11.8 Å². The molecule has 112 valence electrons. The fourth-order valence-corrected chi connectivity index (χ4v) is 3.40. The lowest BCUT2D eigenvalue weighted by Crippen LogP contribution is -2.49. The van der Waals surface area contributed by atoms with Gasteiger partial charge in [-0.15, -0.1) is 0 Å². The fourth-order valence-electron chi connectivity index (χ4n) is 2.64. The minimum absolute atomic E-state index is 0.158. The van der Waals surface area contributed by atoms with E-state index in [1.807, 2.05) is 11.8 Å². The standard InChI is InChI=1S/C14H29N3OS/c1-4-5-12(2)16-13(18)10-17-8-6-14(11-15,19-3)7-9-17/h12H,4-11,15H2,1-3H3,(H,16,18). The number of rotatable bonds is 7. The van der Waals surface area contributed by atoms with E-state index in [0.29, 0.717) is 6.54 Å². The van der Waals surface area contributed by atoms with Gasteiger partial charge in [-0.3, -0.25) is 9.69 Å². The van der Waals surface area contributed by atoms with Gasteiger partial charge in [-0.25, -0.2) is 0 Å². The Balaban J connectivity index is 2.30. The van der Waals surface area contributed by atoms with Gasteiger partial charge >= 0.3 is 0 Å². The van der Waals surface area contributed by atoms with Gasteiger partial charge in [0.05, 0.1) is 6.54 Å². The number of nitrogens with zero attached hydrogens (tertiary/aromatic N) is 1. The molecule has 0 aromatic carbocycles. The topological polar surface area (TPSA) is 58.4 Å². The van der Waals surface area contributed by atoms with Crippen molar-refractivity contribution in [2.24, 2.45) is 5.73 Å². The molecular weight excluding hydrogens is 258 g/mol. The van der Waals surface area contributed by atoms with Crippen molar-refractivity contribution in [2.45, 2.75) is 50.3 Å². The highest BCUT2D eigenvalue weighted by molar-refractivity contribution is 8.00. The van der Waals surface area contributed by atoms with Crippen molar-refractivity contribution in [3.63, 3.8) is 0 Å². The summed E-state index contributed by atoms with van der Waals surface area (Å²) in [6.07, 6.45) is 6.47. The Labute approximate surface area is 121 Å². The highest BCUT2D eigenvalue weighted by atomic mass is 32.2. The number of thioether (sulfide) groups is 1. The number of hydrogen-bond donors (Lipinski definition) is 2. The van der Waals surface area contributed by atoms with Gasteiger partial charge in [0.25, 0.3) is 0 Å². The van der Waals surface area contributed by atoms with E-state index < -0.39 is 0 Å². The zero-order valence-electron chi connectivity index (χ0n) is 12.6. The predicted molar refractivity (Wildman–Crippen MR) is 83.5 cm³/mol. The van der Waals surface area contributed by atoms with Gasteiger partial charge in [0.15, 0.2) is 0 Å². The van der Waals surface area contributed by atoms with Crippen LogP contribution in [-0.4, -0.2) is 54.0 Å². The van der Waals surface area contributed by atoms with Crippen LogP contribution < -0.4 is 11.1 Å². The molecular formula is C14H29N3OS. The molecule has 5 heteroatoms. The van der Waals surface area contributed by atoms with Crippen LogP contribution in [0.15, 0.2) is 0 Å². The van der Waals surface area contributed by atoms with Crippen molar-refractivity contribution >= 4 is 17.7 Å². The molecule has 0 aromatic heterocycles. The second-order valence-electron chi connectivity index (χ2n) is 5.62. The molecule has 1 unspecified atom stereocenters. The van der Waals surface area contributed by atoms with E-state index in [-0.39, 0.29) is 16.7 Å². The quantitative estimate of drug-likeness (QED) is 0.744. The molecule has 0 radical (unpaired) electrons. The van der Waals surface area contributed by atoms with E-state index in [2.05, 4.69) is 30.3 Å². The number of piperidine rings is 1. The van der Waals surface area contributed by atoms with Crippen LogP contribution >= 0.6 is 11.8 Å². The highest BCUT2D eigenvalue weighted by Gasteiger charge is 2.32. The van der Waals surface area contributed by atoms with Crippen LogP contribution in [0, 0.1) is 0 Å². The normalized spacial score (nSPS) is 21.1. The summed E-state index contributed by atoms with van der Waals surface area (Å²) in [6, 6.07) is 0.289. The first-order chi connectivity index (χ1) is 9.05. The Bertz CT molecular complexity index is 272. The Hall–Kier alpha value is -0.260. The highest BCUT2D eigenvalue weighted by Crippen LogP contribution is 2.33. The molecule has 1 atom stereocenters. The smallest absolute Gasteiger partial charge is 0.234 e. The van der Waals surface area contributed by atoms with E-state index in [4.69, 9.17) is 5.73 Å². The molecule has 1 rings (SSSR count). The molecule has 0 saturated carbocycles. The summed E-state index contributed by atoms with van der Waals surface area (Å²) in [5, 5.41) is 3.07. The number of likely N-dealkylation sites (tertiary alicyclic amines) is 1. The first kappa shape index (κ1) is 16.8. The fraction of sp³-hybridized carbons (Fsp3) is 0.929.